The molecule has 70 heavy (non-hydrogen) atoms. The Balaban J connectivity index is 4.71. The molecule has 0 aromatic heterocycles. The molecule has 0 fully saturated rings. The molecule has 8 heteroatoms. The smallest absolute Gasteiger partial charge is 0.305 e. The van der Waals surface area contributed by atoms with Gasteiger partial charge in [-0.05, 0) is 51.4 Å². The number of aliphatic hydroxyl groups excluding tert-OH is 2. The zero-order valence-electron chi connectivity index (χ0n) is 47.0. The number of esters is 1. The molecule has 2 unspecified atom stereocenters. The topological polar surface area (TPSA) is 119 Å². The van der Waals surface area contributed by atoms with Gasteiger partial charge in [0.25, 0.3) is 0 Å². The maximum Gasteiger partial charge on any atom is 0.305 e. The largest absolute Gasteiger partial charge is 0.465 e. The molecular formula is C62H118O8. The van der Waals surface area contributed by atoms with Crippen LogP contribution in [0.3, 0.4) is 0 Å². The van der Waals surface area contributed by atoms with Crippen molar-refractivity contribution in [2.45, 2.75) is 329 Å². The third-order valence-electron chi connectivity index (χ3n) is 14.4. The van der Waals surface area contributed by atoms with E-state index in [2.05, 4.69) is 32.9 Å². The van der Waals surface area contributed by atoms with E-state index in [1.54, 1.807) is 0 Å². The lowest BCUT2D eigenvalue weighted by molar-refractivity contribution is -0.153. The predicted octanol–water partition coefficient (Wildman–Crippen LogP) is 17.6. The van der Waals surface area contributed by atoms with Crippen molar-refractivity contribution in [3.05, 3.63) is 12.2 Å². The lowest BCUT2D eigenvalue weighted by atomic mass is 9.88. The van der Waals surface area contributed by atoms with E-state index in [1.165, 1.54) is 180 Å². The fourth-order valence-corrected chi connectivity index (χ4v) is 9.43. The van der Waals surface area contributed by atoms with E-state index in [1.807, 2.05) is 6.92 Å². The van der Waals surface area contributed by atoms with E-state index < -0.39 is 17.6 Å². The molecule has 0 aromatic rings. The fourth-order valence-electron chi connectivity index (χ4n) is 9.43. The first-order chi connectivity index (χ1) is 34.2. The van der Waals surface area contributed by atoms with E-state index in [9.17, 15) is 24.6 Å². The van der Waals surface area contributed by atoms with Gasteiger partial charge in [0.1, 0.15) is 18.2 Å². The number of ketones is 2. The number of Topliss-reactive ketones (excluding diaryl/α,β-unsaturated/α-hetero) is 2. The highest BCUT2D eigenvalue weighted by Gasteiger charge is 2.32. The molecule has 0 heterocycles. The highest BCUT2D eigenvalue weighted by molar-refractivity contribution is 5.79. The van der Waals surface area contributed by atoms with Gasteiger partial charge in [-0.15, -0.1) is 0 Å². The van der Waals surface area contributed by atoms with Crippen LogP contribution in [0, 0.1) is 5.41 Å². The average molecular weight is 992 g/mol. The van der Waals surface area contributed by atoms with Crippen LogP contribution in [0.4, 0.5) is 0 Å². The molecule has 0 saturated carbocycles. The van der Waals surface area contributed by atoms with Gasteiger partial charge in [0, 0.05) is 32.1 Å². The van der Waals surface area contributed by atoms with E-state index >= 15 is 0 Å². The molecule has 0 aromatic carbocycles. The van der Waals surface area contributed by atoms with E-state index in [4.69, 9.17) is 14.2 Å². The first-order valence-electron chi connectivity index (χ1n) is 30.6. The molecule has 2 N–H and O–H groups in total. The molecular weight excluding hydrogens is 873 g/mol. The summed E-state index contributed by atoms with van der Waals surface area (Å²) in [7, 11) is 0. The van der Waals surface area contributed by atoms with Crippen molar-refractivity contribution in [2.75, 3.05) is 33.0 Å². The van der Waals surface area contributed by atoms with Crippen LogP contribution in [0.1, 0.15) is 317 Å². The van der Waals surface area contributed by atoms with Gasteiger partial charge in [0.15, 0.2) is 0 Å². The summed E-state index contributed by atoms with van der Waals surface area (Å²) in [4.78, 5) is 38.4. The summed E-state index contributed by atoms with van der Waals surface area (Å²) in [6, 6.07) is 0. The van der Waals surface area contributed by atoms with Crippen molar-refractivity contribution >= 4 is 17.5 Å². The van der Waals surface area contributed by atoms with E-state index in [0.717, 1.165) is 70.6 Å². The Bertz CT molecular complexity index is 1100. The van der Waals surface area contributed by atoms with Gasteiger partial charge < -0.3 is 24.4 Å². The van der Waals surface area contributed by atoms with Crippen molar-refractivity contribution in [1.29, 1.82) is 0 Å². The standard InChI is InChI=1S/C62H118O8/c1-5-9-12-15-18-21-24-27-28-31-34-37-40-43-46-49-61(67)70-56-62(8-4,54-68-52-59(65)50-57(63)47-44-41-38-35-32-29-25-22-19-16-13-10-6-2)55-69-53-60(66)51-58(64)48-45-42-39-36-33-30-26-23-20-17-14-11-7-3/h27-28,59-60,65-66H,5-26,29-56H2,1-4H3. The molecule has 0 bridgehead atoms. The first kappa shape index (κ1) is 68.4. The van der Waals surface area contributed by atoms with Gasteiger partial charge >= 0.3 is 5.97 Å². The maximum absolute atomic E-state index is 12.9. The fraction of sp³-hybridized carbons (Fsp3) is 0.919. The monoisotopic (exact) mass is 991 g/mol. The van der Waals surface area contributed by atoms with Gasteiger partial charge in [0.2, 0.25) is 0 Å². The Labute approximate surface area is 434 Å². The molecule has 0 aliphatic carbocycles. The van der Waals surface area contributed by atoms with E-state index in [-0.39, 0.29) is 63.4 Å². The minimum absolute atomic E-state index is 0.00524. The number of allylic oxidation sites excluding steroid dienone is 2. The number of rotatable bonds is 58. The Morgan fingerprint density at radius 2 is 0.671 bits per heavy atom. The average Bonchev–Trinajstić information content (AvgIpc) is 3.34. The van der Waals surface area contributed by atoms with Gasteiger partial charge in [-0.1, -0.05) is 245 Å². The molecule has 2 atom stereocenters. The van der Waals surface area contributed by atoms with Crippen LogP contribution in [0.25, 0.3) is 0 Å². The molecule has 8 nitrogen and oxygen atoms in total. The molecule has 0 aliphatic rings. The van der Waals surface area contributed by atoms with Gasteiger partial charge in [-0.25, -0.2) is 0 Å². The quantitative estimate of drug-likeness (QED) is 0.0351. The third kappa shape index (κ3) is 48.6. The molecule has 0 radical (unpaired) electrons. The summed E-state index contributed by atoms with van der Waals surface area (Å²) in [6.07, 6.45) is 53.2. The van der Waals surface area contributed by atoms with Crippen LogP contribution in [0.15, 0.2) is 12.2 Å². The summed E-state index contributed by atoms with van der Waals surface area (Å²) in [5.41, 5.74) is -0.699. The molecule has 0 rings (SSSR count). The number of hydrogen-bond donors (Lipinski definition) is 2. The Kier molecular flexibility index (Phi) is 52.4. The van der Waals surface area contributed by atoms with Crippen LogP contribution in [-0.2, 0) is 28.6 Å². The van der Waals surface area contributed by atoms with Crippen LogP contribution in [0.5, 0.6) is 0 Å². The second-order valence-electron chi connectivity index (χ2n) is 21.7. The number of ether oxygens (including phenoxy) is 3. The molecule has 0 amide bonds. The Morgan fingerprint density at radius 3 is 0.986 bits per heavy atom. The first-order valence-corrected chi connectivity index (χ1v) is 30.6. The Hall–Kier alpha value is -1.61. The summed E-state index contributed by atoms with van der Waals surface area (Å²) in [6.45, 7) is 9.22. The second kappa shape index (κ2) is 53.7. The second-order valence-corrected chi connectivity index (χ2v) is 21.7. The SMILES string of the molecule is CCCCCCCCC=CCCCCCCCC(=O)OCC(CC)(COCC(O)CC(=O)CCCCCCCCCCCCCCC)COCC(O)CC(=O)CCCCCCCCCCCCCCC. The highest BCUT2D eigenvalue weighted by Crippen LogP contribution is 2.26. The minimum atomic E-state index is -0.906. The van der Waals surface area contributed by atoms with Crippen LogP contribution in [0.2, 0.25) is 0 Å². The molecule has 0 saturated heterocycles. The third-order valence-corrected chi connectivity index (χ3v) is 14.4. The van der Waals surface area contributed by atoms with Crippen molar-refractivity contribution < 1.29 is 38.8 Å². The molecule has 414 valence electrons. The number of unbranched alkanes of at least 4 members (excludes halogenated alkanes) is 35. The lowest BCUT2D eigenvalue weighted by Gasteiger charge is -2.32. The number of carbonyl (C=O) groups excluding carboxylic acids is 3. The van der Waals surface area contributed by atoms with E-state index in [0.29, 0.717) is 25.7 Å². The Morgan fingerprint density at radius 1 is 0.386 bits per heavy atom. The predicted molar refractivity (Wildman–Crippen MR) is 297 cm³/mol. The van der Waals surface area contributed by atoms with Crippen molar-refractivity contribution in [3.63, 3.8) is 0 Å². The van der Waals surface area contributed by atoms with Gasteiger partial charge in [-0.3, -0.25) is 14.4 Å². The minimum Gasteiger partial charge on any atom is -0.465 e. The van der Waals surface area contributed by atoms with Crippen molar-refractivity contribution in [2.24, 2.45) is 5.41 Å². The summed E-state index contributed by atoms with van der Waals surface area (Å²) < 4.78 is 17.9. The zero-order chi connectivity index (χ0) is 51.3. The number of hydrogen-bond acceptors (Lipinski definition) is 8. The van der Waals surface area contributed by atoms with Crippen molar-refractivity contribution in [1.82, 2.24) is 0 Å². The number of carbonyl (C=O) groups is 3. The summed E-state index contributed by atoms with van der Waals surface area (Å²) >= 11 is 0. The van der Waals surface area contributed by atoms with Crippen LogP contribution < -0.4 is 0 Å². The molecule has 0 spiro atoms. The molecule has 0 aliphatic heterocycles. The number of aliphatic hydroxyl groups is 2. The van der Waals surface area contributed by atoms with Crippen LogP contribution in [-0.4, -0.2) is 73.0 Å². The van der Waals surface area contributed by atoms with Gasteiger partial charge in [-0.2, -0.15) is 0 Å². The lowest BCUT2D eigenvalue weighted by Crippen LogP contribution is -2.39. The van der Waals surface area contributed by atoms with Gasteiger partial charge in [0.05, 0.1) is 44.1 Å². The van der Waals surface area contributed by atoms with Crippen molar-refractivity contribution in [3.8, 4) is 0 Å². The maximum atomic E-state index is 12.9. The summed E-state index contributed by atoms with van der Waals surface area (Å²) in [5.74, 6) is -0.119. The van der Waals surface area contributed by atoms with Crippen LogP contribution >= 0.6 is 0 Å². The highest BCUT2D eigenvalue weighted by atomic mass is 16.5. The normalized spacial score (nSPS) is 13.5. The summed E-state index contributed by atoms with van der Waals surface area (Å²) in [5, 5.41) is 21.5. The zero-order valence-corrected chi connectivity index (χ0v) is 47.0.